The van der Waals surface area contributed by atoms with Crippen LogP contribution in [0, 0.1) is 6.92 Å². The van der Waals surface area contributed by atoms with Crippen LogP contribution in [0.5, 0.6) is 0 Å². The second-order valence-electron chi connectivity index (χ2n) is 3.03. The molecule has 78 valence electrons. The first-order chi connectivity index (χ1) is 7.24. The number of thioether (sulfide) groups is 1. The topological polar surface area (TPSA) is 38.9 Å². The zero-order valence-corrected chi connectivity index (χ0v) is 9.68. The number of nitrogens with zero attached hydrogens (tertiary/aromatic N) is 2. The van der Waals surface area contributed by atoms with Gasteiger partial charge in [0.1, 0.15) is 11.4 Å². The summed E-state index contributed by atoms with van der Waals surface area (Å²) in [5, 5.41) is 1.19. The van der Waals surface area contributed by atoms with Crippen molar-refractivity contribution in [3.63, 3.8) is 0 Å². The van der Waals surface area contributed by atoms with E-state index in [9.17, 15) is 0 Å². The predicted molar refractivity (Wildman–Crippen MR) is 60.0 cm³/mol. The fraction of sp³-hybridized carbons (Fsp3) is 0.200. The van der Waals surface area contributed by atoms with Crippen LogP contribution in [-0.4, -0.2) is 9.97 Å². The highest BCUT2D eigenvalue weighted by atomic mass is 35.5. The molecule has 0 bridgehead atoms. The second kappa shape index (κ2) is 4.68. The second-order valence-corrected chi connectivity index (χ2v) is 4.34. The lowest BCUT2D eigenvalue weighted by molar-refractivity contribution is 0.454. The van der Waals surface area contributed by atoms with Gasteiger partial charge in [0, 0.05) is 11.9 Å². The normalized spacial score (nSPS) is 10.5. The van der Waals surface area contributed by atoms with E-state index in [0.29, 0.717) is 10.4 Å². The summed E-state index contributed by atoms with van der Waals surface area (Å²) in [5.41, 5.74) is 2.00. The summed E-state index contributed by atoms with van der Waals surface area (Å²) >= 11 is 7.31. The smallest absolute Gasteiger partial charge is 0.256 e. The highest BCUT2D eigenvalue weighted by molar-refractivity contribution is 7.98. The van der Waals surface area contributed by atoms with Crippen LogP contribution in [0.25, 0.3) is 0 Å². The van der Waals surface area contributed by atoms with Gasteiger partial charge in [-0.2, -0.15) is 0 Å². The Hall–Kier alpha value is -1.00. The fourth-order valence-electron chi connectivity index (χ4n) is 1.08. The molecule has 0 N–H and O–H groups in total. The van der Waals surface area contributed by atoms with Crippen LogP contribution >= 0.6 is 23.4 Å². The van der Waals surface area contributed by atoms with E-state index in [4.69, 9.17) is 16.0 Å². The van der Waals surface area contributed by atoms with Crippen molar-refractivity contribution in [2.24, 2.45) is 0 Å². The largest absolute Gasteiger partial charge is 0.440 e. The number of hydrogen-bond acceptors (Lipinski definition) is 4. The van der Waals surface area contributed by atoms with Gasteiger partial charge < -0.3 is 4.42 Å². The monoisotopic (exact) mass is 240 g/mol. The summed E-state index contributed by atoms with van der Waals surface area (Å²) < 4.78 is 5.22. The van der Waals surface area contributed by atoms with E-state index >= 15 is 0 Å². The summed E-state index contributed by atoms with van der Waals surface area (Å²) in [6, 6.07) is 3.76. The molecule has 0 spiro atoms. The molecule has 0 aliphatic rings. The minimum atomic E-state index is 0.511. The van der Waals surface area contributed by atoms with Crippen molar-refractivity contribution in [1.82, 2.24) is 9.97 Å². The Morgan fingerprint density at radius 3 is 3.07 bits per heavy atom. The molecule has 0 aromatic carbocycles. The number of aryl methyl sites for hydroxylation is 1. The van der Waals surface area contributed by atoms with E-state index in [2.05, 4.69) is 9.97 Å². The number of rotatable bonds is 3. The van der Waals surface area contributed by atoms with Gasteiger partial charge in [-0.3, -0.25) is 0 Å². The molecule has 0 fully saturated rings. The first kappa shape index (κ1) is 10.5. The van der Waals surface area contributed by atoms with Crippen LogP contribution < -0.4 is 0 Å². The van der Waals surface area contributed by atoms with Crippen molar-refractivity contribution in [2.45, 2.75) is 17.9 Å². The molecule has 0 aliphatic carbocycles. The lowest BCUT2D eigenvalue weighted by atomic mass is 10.3. The quantitative estimate of drug-likeness (QED) is 0.609. The van der Waals surface area contributed by atoms with Crippen LogP contribution in [0.15, 0.2) is 34.2 Å². The van der Waals surface area contributed by atoms with E-state index in [1.54, 1.807) is 12.5 Å². The van der Waals surface area contributed by atoms with Gasteiger partial charge in [0.05, 0.1) is 5.69 Å². The third-order valence-corrected chi connectivity index (χ3v) is 2.87. The highest BCUT2D eigenvalue weighted by Gasteiger charge is 2.02. The van der Waals surface area contributed by atoms with Crippen LogP contribution in [0.4, 0.5) is 0 Å². The van der Waals surface area contributed by atoms with Gasteiger partial charge in [-0.25, -0.2) is 9.97 Å². The van der Waals surface area contributed by atoms with Gasteiger partial charge >= 0.3 is 0 Å². The van der Waals surface area contributed by atoms with E-state index in [1.807, 2.05) is 19.1 Å². The average Bonchev–Trinajstić information content (AvgIpc) is 2.62. The van der Waals surface area contributed by atoms with Crippen molar-refractivity contribution in [1.29, 1.82) is 0 Å². The highest BCUT2D eigenvalue weighted by Crippen LogP contribution is 2.22. The van der Waals surface area contributed by atoms with E-state index in [0.717, 1.165) is 17.0 Å². The zero-order chi connectivity index (χ0) is 10.7. The molecule has 0 aliphatic heterocycles. The van der Waals surface area contributed by atoms with Crippen LogP contribution in [0.2, 0.25) is 5.15 Å². The van der Waals surface area contributed by atoms with Gasteiger partial charge in [-0.15, -0.1) is 0 Å². The van der Waals surface area contributed by atoms with Crippen molar-refractivity contribution in [2.75, 3.05) is 0 Å². The number of pyridine rings is 1. The summed E-state index contributed by atoms with van der Waals surface area (Å²) in [6.07, 6.45) is 3.33. The van der Waals surface area contributed by atoms with Crippen LogP contribution in [-0.2, 0) is 5.75 Å². The summed E-state index contributed by atoms with van der Waals surface area (Å²) in [6.45, 7) is 1.90. The zero-order valence-electron chi connectivity index (χ0n) is 8.11. The molecule has 0 atom stereocenters. The third-order valence-electron chi connectivity index (χ3n) is 1.75. The van der Waals surface area contributed by atoms with E-state index in [-0.39, 0.29) is 0 Å². The Balaban J connectivity index is 1.99. The minimum Gasteiger partial charge on any atom is -0.440 e. The number of hydrogen-bond donors (Lipinski definition) is 0. The maximum Gasteiger partial charge on any atom is 0.256 e. The molecule has 2 rings (SSSR count). The Bertz CT molecular complexity index is 458. The lowest BCUT2D eigenvalue weighted by Gasteiger charge is -1.97. The van der Waals surface area contributed by atoms with E-state index < -0.39 is 0 Å². The van der Waals surface area contributed by atoms with Crippen LogP contribution in [0.1, 0.15) is 11.3 Å². The van der Waals surface area contributed by atoms with Gasteiger partial charge in [0.25, 0.3) is 5.22 Å². The maximum absolute atomic E-state index is 5.77. The average molecular weight is 241 g/mol. The number of aromatic nitrogens is 2. The molecule has 0 unspecified atom stereocenters. The van der Waals surface area contributed by atoms with Crippen molar-refractivity contribution >= 4 is 23.4 Å². The molecule has 0 saturated carbocycles. The van der Waals surface area contributed by atoms with Crippen molar-refractivity contribution in [3.8, 4) is 0 Å². The van der Waals surface area contributed by atoms with Crippen molar-refractivity contribution in [3.05, 3.63) is 41.0 Å². The predicted octanol–water partition coefficient (Wildman–Crippen LogP) is 3.32. The number of oxazole rings is 1. The first-order valence-electron chi connectivity index (χ1n) is 4.39. The number of halogens is 1. The Kier molecular flexibility index (Phi) is 3.28. The molecule has 2 aromatic rings. The fourth-order valence-corrected chi connectivity index (χ4v) is 2.07. The molecule has 2 aromatic heterocycles. The SMILES string of the molecule is Cc1coc(SCc2ccnc(Cl)c2)n1. The maximum atomic E-state index is 5.77. The van der Waals surface area contributed by atoms with Crippen molar-refractivity contribution < 1.29 is 4.42 Å². The van der Waals surface area contributed by atoms with Gasteiger partial charge in [-0.05, 0) is 24.6 Å². The lowest BCUT2D eigenvalue weighted by Crippen LogP contribution is -1.82. The molecular weight excluding hydrogens is 232 g/mol. The molecule has 0 amide bonds. The van der Waals surface area contributed by atoms with Gasteiger partial charge in [-0.1, -0.05) is 23.4 Å². The summed E-state index contributed by atoms with van der Waals surface area (Å²) in [7, 11) is 0. The molecule has 3 nitrogen and oxygen atoms in total. The van der Waals surface area contributed by atoms with Crippen LogP contribution in [0.3, 0.4) is 0 Å². The summed E-state index contributed by atoms with van der Waals surface area (Å²) in [5.74, 6) is 0.780. The molecule has 0 saturated heterocycles. The van der Waals surface area contributed by atoms with Gasteiger partial charge in [0.2, 0.25) is 0 Å². The molecule has 2 heterocycles. The Labute approximate surface area is 96.9 Å². The standard InChI is InChI=1S/C10H9ClN2OS/c1-7-5-14-10(13-7)15-6-8-2-3-12-9(11)4-8/h2-5H,6H2,1H3. The Morgan fingerprint density at radius 2 is 2.40 bits per heavy atom. The summed E-state index contributed by atoms with van der Waals surface area (Å²) in [4.78, 5) is 8.11. The minimum absolute atomic E-state index is 0.511. The first-order valence-corrected chi connectivity index (χ1v) is 5.76. The van der Waals surface area contributed by atoms with E-state index in [1.165, 1.54) is 11.8 Å². The molecule has 0 radical (unpaired) electrons. The Morgan fingerprint density at radius 1 is 1.53 bits per heavy atom. The van der Waals surface area contributed by atoms with Gasteiger partial charge in [0.15, 0.2) is 0 Å². The third kappa shape index (κ3) is 2.97. The molecule has 15 heavy (non-hydrogen) atoms. The molecule has 5 heteroatoms. The molecular formula is C10H9ClN2OS.